The molecule has 0 unspecified atom stereocenters. The van der Waals surface area contributed by atoms with E-state index in [1.807, 2.05) is 12.1 Å². The smallest absolute Gasteiger partial charge is 0.0720 e. The molecule has 1 aromatic heterocycles. The number of aromatic nitrogens is 1. The lowest BCUT2D eigenvalue weighted by Crippen LogP contribution is -2.29. The van der Waals surface area contributed by atoms with Crippen LogP contribution in [0.4, 0.5) is 0 Å². The van der Waals surface area contributed by atoms with Crippen LogP contribution in [0.5, 0.6) is 0 Å². The predicted molar refractivity (Wildman–Crippen MR) is 213 cm³/mol. The van der Waals surface area contributed by atoms with E-state index in [0.29, 0.717) is 0 Å². The molecule has 0 fully saturated rings. The van der Waals surface area contributed by atoms with Crippen molar-refractivity contribution < 1.29 is 0 Å². The molecule has 11 rings (SSSR count). The third kappa shape index (κ3) is 3.82. The van der Waals surface area contributed by atoms with Crippen molar-refractivity contribution in [1.29, 1.82) is 0 Å². The third-order valence-electron chi connectivity index (χ3n) is 11.3. The second kappa shape index (κ2) is 10.7. The highest BCUT2D eigenvalue weighted by molar-refractivity contribution is 6.30. The number of hydrogen-bond acceptors (Lipinski definition) is 0. The van der Waals surface area contributed by atoms with E-state index in [9.17, 15) is 0 Å². The van der Waals surface area contributed by atoms with Gasteiger partial charge in [-0.1, -0.05) is 169 Å². The summed E-state index contributed by atoms with van der Waals surface area (Å²) in [5, 5.41) is 3.31. The monoisotopic (exact) mass is 667 g/mol. The minimum Gasteiger partial charge on any atom is -0.308 e. The van der Waals surface area contributed by atoms with Crippen molar-refractivity contribution in [1.82, 2.24) is 4.57 Å². The zero-order valence-electron chi connectivity index (χ0n) is 27.6. The van der Waals surface area contributed by atoms with Crippen LogP contribution in [0.15, 0.2) is 182 Å². The van der Waals surface area contributed by atoms with Gasteiger partial charge in [0.2, 0.25) is 0 Å². The minimum atomic E-state index is -0.560. The van der Waals surface area contributed by atoms with Gasteiger partial charge in [-0.05, 0) is 79.9 Å². The van der Waals surface area contributed by atoms with Crippen LogP contribution in [-0.4, -0.2) is 4.57 Å². The quantitative estimate of drug-likeness (QED) is 0.176. The number of fused-ring (bicyclic) bond motifs is 6. The highest BCUT2D eigenvalue weighted by Gasteiger charge is 2.50. The first-order chi connectivity index (χ1) is 25.2. The Morgan fingerprint density at radius 2 is 1.00 bits per heavy atom. The number of para-hydroxylation sites is 2. The lowest BCUT2D eigenvalue weighted by molar-refractivity contribution is 0.771. The van der Waals surface area contributed by atoms with Crippen LogP contribution in [-0.2, 0) is 5.41 Å². The molecule has 0 saturated heterocycles. The van der Waals surface area contributed by atoms with Gasteiger partial charge in [0.15, 0.2) is 0 Å². The Morgan fingerprint density at radius 3 is 1.73 bits per heavy atom. The van der Waals surface area contributed by atoms with E-state index in [-0.39, 0.29) is 0 Å². The van der Waals surface area contributed by atoms with Gasteiger partial charge in [0.05, 0.1) is 22.1 Å². The Kier molecular flexibility index (Phi) is 6.00. The van der Waals surface area contributed by atoms with Gasteiger partial charge in [-0.3, -0.25) is 0 Å². The van der Waals surface area contributed by atoms with Crippen molar-refractivity contribution in [3.8, 4) is 50.2 Å². The molecule has 1 aliphatic heterocycles. The molecule has 0 atom stereocenters. The van der Waals surface area contributed by atoms with Gasteiger partial charge in [0.25, 0.3) is 0 Å². The molecule has 9 aromatic rings. The number of hydrogen-bond donors (Lipinski definition) is 0. The number of nitrogens with zero attached hydrogens (tertiary/aromatic N) is 1. The summed E-state index contributed by atoms with van der Waals surface area (Å²) in [5.74, 6) is 0. The summed E-state index contributed by atoms with van der Waals surface area (Å²) in [6.45, 7) is 0. The predicted octanol–water partition coefficient (Wildman–Crippen LogP) is 13.1. The van der Waals surface area contributed by atoms with Crippen LogP contribution < -0.4 is 0 Å². The number of rotatable bonds is 4. The molecule has 0 saturated carbocycles. The van der Waals surface area contributed by atoms with Crippen molar-refractivity contribution >= 4 is 33.4 Å². The fourth-order valence-corrected chi connectivity index (χ4v) is 9.37. The summed E-state index contributed by atoms with van der Waals surface area (Å²) in [6.07, 6.45) is 0. The zero-order chi connectivity index (χ0) is 33.7. The van der Waals surface area contributed by atoms with Crippen molar-refractivity contribution in [3.63, 3.8) is 0 Å². The topological polar surface area (TPSA) is 4.93 Å². The van der Waals surface area contributed by atoms with E-state index >= 15 is 0 Å². The molecule has 51 heavy (non-hydrogen) atoms. The lowest BCUT2D eigenvalue weighted by Gasteiger charge is -2.35. The van der Waals surface area contributed by atoms with Gasteiger partial charge in [0, 0.05) is 26.9 Å². The molecule has 2 heteroatoms. The largest absolute Gasteiger partial charge is 0.308 e. The summed E-state index contributed by atoms with van der Waals surface area (Å²) in [7, 11) is 0. The van der Waals surface area contributed by atoms with Crippen LogP contribution in [0.3, 0.4) is 0 Å². The van der Waals surface area contributed by atoms with Crippen LogP contribution in [0.2, 0.25) is 5.02 Å². The first-order valence-corrected chi connectivity index (χ1v) is 17.9. The average molecular weight is 668 g/mol. The Morgan fingerprint density at radius 1 is 0.412 bits per heavy atom. The van der Waals surface area contributed by atoms with Gasteiger partial charge in [-0.25, -0.2) is 0 Å². The second-order valence-corrected chi connectivity index (χ2v) is 14.2. The van der Waals surface area contributed by atoms with E-state index < -0.39 is 5.41 Å². The highest BCUT2D eigenvalue weighted by atomic mass is 35.5. The summed E-state index contributed by atoms with van der Waals surface area (Å²) in [5.41, 5.74) is 18.3. The normalized spacial score (nSPS) is 13.4. The Hall–Kier alpha value is -6.15. The molecule has 8 aromatic carbocycles. The molecule has 238 valence electrons. The lowest BCUT2D eigenvalue weighted by atomic mass is 9.65. The van der Waals surface area contributed by atoms with E-state index in [2.05, 4.69) is 174 Å². The average Bonchev–Trinajstić information content (AvgIpc) is 3.66. The minimum absolute atomic E-state index is 0.560. The molecule has 1 aliphatic carbocycles. The molecule has 1 nitrogen and oxygen atoms in total. The number of halogens is 1. The molecular formula is C49H30ClN. The van der Waals surface area contributed by atoms with Gasteiger partial charge >= 0.3 is 0 Å². The second-order valence-electron chi connectivity index (χ2n) is 13.7. The van der Waals surface area contributed by atoms with Gasteiger partial charge in [-0.2, -0.15) is 0 Å². The Bertz CT molecular complexity index is 2790. The van der Waals surface area contributed by atoms with E-state index in [0.717, 1.165) is 10.6 Å². The highest BCUT2D eigenvalue weighted by Crippen LogP contribution is 2.64. The van der Waals surface area contributed by atoms with Crippen molar-refractivity contribution in [2.75, 3.05) is 0 Å². The number of benzene rings is 8. The fraction of sp³-hybridized carbons (Fsp3) is 0.0204. The maximum absolute atomic E-state index is 6.24. The van der Waals surface area contributed by atoms with Crippen molar-refractivity contribution in [2.24, 2.45) is 0 Å². The van der Waals surface area contributed by atoms with E-state index in [4.69, 9.17) is 11.6 Å². The molecule has 0 radical (unpaired) electrons. The first-order valence-electron chi connectivity index (χ1n) is 17.5. The summed E-state index contributed by atoms with van der Waals surface area (Å²) in [6, 6.07) is 66.9. The molecule has 0 N–H and O–H groups in total. The van der Waals surface area contributed by atoms with Crippen molar-refractivity contribution in [2.45, 2.75) is 5.41 Å². The Balaban J connectivity index is 1.33. The maximum atomic E-state index is 6.24. The summed E-state index contributed by atoms with van der Waals surface area (Å²) in [4.78, 5) is 0. The van der Waals surface area contributed by atoms with E-state index in [1.54, 1.807) is 0 Å². The molecule has 2 heterocycles. The first kappa shape index (κ1) is 28.7. The Labute approximate surface area is 301 Å². The van der Waals surface area contributed by atoms with E-state index in [1.165, 1.54) is 88.7 Å². The molecular weight excluding hydrogens is 638 g/mol. The SMILES string of the molecule is Clc1ccc(-c2ccc(-c3ccc4c5c3C(c3ccccc3)(c3ccccc3)c3ccc6c7ccccc7n(c6c3-5)-c3ccccc3-4)cc2)cc1. The fourth-order valence-electron chi connectivity index (χ4n) is 9.25. The van der Waals surface area contributed by atoms with Crippen LogP contribution >= 0.6 is 11.6 Å². The van der Waals surface area contributed by atoms with Crippen molar-refractivity contribution in [3.05, 3.63) is 209 Å². The molecule has 0 spiro atoms. The molecule has 0 bridgehead atoms. The van der Waals surface area contributed by atoms with Gasteiger partial charge < -0.3 is 4.57 Å². The molecule has 0 amide bonds. The summed E-state index contributed by atoms with van der Waals surface area (Å²) >= 11 is 6.24. The van der Waals surface area contributed by atoms with Crippen LogP contribution in [0.25, 0.3) is 72.0 Å². The van der Waals surface area contributed by atoms with Gasteiger partial charge in [0.1, 0.15) is 0 Å². The van der Waals surface area contributed by atoms with Gasteiger partial charge in [-0.15, -0.1) is 0 Å². The third-order valence-corrected chi connectivity index (χ3v) is 11.5. The molecule has 2 aliphatic rings. The maximum Gasteiger partial charge on any atom is 0.0720 e. The van der Waals surface area contributed by atoms with Crippen LogP contribution in [0, 0.1) is 0 Å². The standard InChI is InChI=1S/C49H30ClN/c50-36-25-23-32(24-26-36)31-19-21-33(22-20-31)37-27-28-40-38-15-7-9-17-43(38)51-44-18-10-8-16-39(44)41-29-30-42-46(48(41)51)45(40)47(37)49(42,34-11-3-1-4-12-34)35-13-5-2-6-14-35/h1-30H. The van der Waals surface area contributed by atoms with Crippen LogP contribution in [0.1, 0.15) is 22.3 Å². The summed E-state index contributed by atoms with van der Waals surface area (Å²) < 4.78 is 2.54. The zero-order valence-corrected chi connectivity index (χ0v) is 28.4.